The summed E-state index contributed by atoms with van der Waals surface area (Å²) in [6, 6.07) is 11.8. The molecular formula is C25H22N2O7. The van der Waals surface area contributed by atoms with Gasteiger partial charge in [-0.05, 0) is 68.3 Å². The molecule has 0 atom stereocenters. The number of nitrogens with zero attached hydrogens (tertiary/aromatic N) is 1. The van der Waals surface area contributed by atoms with Crippen LogP contribution >= 0.6 is 0 Å². The summed E-state index contributed by atoms with van der Waals surface area (Å²) in [6.45, 7) is 1.74. The first-order valence-corrected chi connectivity index (χ1v) is 10.6. The van der Waals surface area contributed by atoms with Gasteiger partial charge in [-0.3, -0.25) is 4.79 Å². The van der Waals surface area contributed by atoms with Crippen molar-refractivity contribution in [2.75, 3.05) is 7.11 Å². The SMILES string of the molecule is COC(=O)c1ccc(OC(=O)c2oc3c(c2C)/C(=N/NC(=O)c2ccc(O)cc2)CCC3)cc1. The molecule has 0 fully saturated rings. The molecule has 2 aromatic carbocycles. The second-order valence-corrected chi connectivity index (χ2v) is 7.66. The Morgan fingerprint density at radius 1 is 0.971 bits per heavy atom. The van der Waals surface area contributed by atoms with Crippen LogP contribution in [-0.2, 0) is 11.2 Å². The van der Waals surface area contributed by atoms with E-state index in [9.17, 15) is 19.5 Å². The van der Waals surface area contributed by atoms with Crippen LogP contribution in [0.3, 0.4) is 0 Å². The number of hydrogen-bond acceptors (Lipinski definition) is 8. The van der Waals surface area contributed by atoms with Gasteiger partial charge in [0, 0.05) is 23.1 Å². The number of ether oxygens (including phenoxy) is 2. The standard InChI is InChI=1S/C25H22N2O7/c1-14-21-19(26-27-23(29)15-6-10-17(28)11-7-15)4-3-5-20(21)34-22(14)25(31)33-18-12-8-16(9-13-18)24(30)32-2/h6-13,28H,3-5H2,1-2H3,(H,27,29)/b26-19+. The molecule has 1 heterocycles. The molecule has 3 aromatic rings. The predicted octanol–water partition coefficient (Wildman–Crippen LogP) is 3.77. The number of phenolic OH excluding ortho intramolecular Hbond substituents is 1. The molecule has 0 unspecified atom stereocenters. The maximum absolute atomic E-state index is 12.8. The monoisotopic (exact) mass is 462 g/mol. The van der Waals surface area contributed by atoms with E-state index in [2.05, 4.69) is 15.3 Å². The summed E-state index contributed by atoms with van der Waals surface area (Å²) in [4.78, 5) is 36.7. The van der Waals surface area contributed by atoms with E-state index >= 15 is 0 Å². The van der Waals surface area contributed by atoms with Crippen molar-refractivity contribution in [3.63, 3.8) is 0 Å². The van der Waals surface area contributed by atoms with Crippen LogP contribution in [0.5, 0.6) is 11.5 Å². The number of methoxy groups -OCH3 is 1. The van der Waals surface area contributed by atoms with Crippen LogP contribution in [0, 0.1) is 6.92 Å². The van der Waals surface area contributed by atoms with E-state index in [1.54, 1.807) is 6.92 Å². The van der Waals surface area contributed by atoms with Gasteiger partial charge in [0.05, 0.1) is 18.4 Å². The fourth-order valence-corrected chi connectivity index (χ4v) is 3.70. The highest BCUT2D eigenvalue weighted by Crippen LogP contribution is 2.30. The molecule has 1 aliphatic rings. The Labute approximate surface area is 195 Å². The number of nitrogens with one attached hydrogen (secondary N) is 1. The number of rotatable bonds is 5. The van der Waals surface area contributed by atoms with Gasteiger partial charge in [0.2, 0.25) is 5.76 Å². The Hall–Kier alpha value is -4.40. The van der Waals surface area contributed by atoms with Crippen LogP contribution in [0.25, 0.3) is 0 Å². The Kier molecular flexibility index (Phi) is 6.44. The number of aryl methyl sites for hydroxylation is 1. The normalized spacial score (nSPS) is 13.8. The van der Waals surface area contributed by atoms with Crippen LogP contribution in [-0.4, -0.2) is 35.8 Å². The van der Waals surface area contributed by atoms with E-state index in [0.29, 0.717) is 46.6 Å². The highest BCUT2D eigenvalue weighted by atomic mass is 16.5. The lowest BCUT2D eigenvalue weighted by Crippen LogP contribution is -2.22. The number of carbonyl (C=O) groups excluding carboxylic acids is 3. The van der Waals surface area contributed by atoms with Gasteiger partial charge in [-0.2, -0.15) is 5.10 Å². The molecule has 2 N–H and O–H groups in total. The van der Waals surface area contributed by atoms with E-state index in [-0.39, 0.29) is 17.3 Å². The maximum atomic E-state index is 12.8. The Morgan fingerprint density at radius 3 is 2.32 bits per heavy atom. The second-order valence-electron chi connectivity index (χ2n) is 7.66. The minimum atomic E-state index is -0.676. The molecule has 0 saturated carbocycles. The number of hydrogen-bond donors (Lipinski definition) is 2. The van der Waals surface area contributed by atoms with Gasteiger partial charge in [-0.25, -0.2) is 15.0 Å². The number of amides is 1. The van der Waals surface area contributed by atoms with Crippen molar-refractivity contribution in [3.05, 3.63) is 82.3 Å². The van der Waals surface area contributed by atoms with Crippen LogP contribution in [0.2, 0.25) is 0 Å². The number of furan rings is 1. The van der Waals surface area contributed by atoms with Crippen molar-refractivity contribution in [2.45, 2.75) is 26.2 Å². The van der Waals surface area contributed by atoms with Gasteiger partial charge in [0.25, 0.3) is 5.91 Å². The third-order valence-corrected chi connectivity index (χ3v) is 5.42. The lowest BCUT2D eigenvalue weighted by Gasteiger charge is -2.13. The topological polar surface area (TPSA) is 127 Å². The fourth-order valence-electron chi connectivity index (χ4n) is 3.70. The average Bonchev–Trinajstić information content (AvgIpc) is 3.20. The summed E-state index contributed by atoms with van der Waals surface area (Å²) in [5.74, 6) is -0.609. The number of carbonyl (C=O) groups is 3. The zero-order valence-electron chi connectivity index (χ0n) is 18.6. The molecule has 0 aliphatic heterocycles. The van der Waals surface area contributed by atoms with Crippen molar-refractivity contribution in [3.8, 4) is 11.5 Å². The highest BCUT2D eigenvalue weighted by Gasteiger charge is 2.29. The molecule has 0 saturated heterocycles. The Morgan fingerprint density at radius 2 is 1.65 bits per heavy atom. The molecule has 1 aromatic heterocycles. The first kappa shape index (κ1) is 22.8. The molecule has 9 nitrogen and oxygen atoms in total. The average molecular weight is 462 g/mol. The minimum absolute atomic E-state index is 0.0569. The molecule has 1 amide bonds. The van der Waals surface area contributed by atoms with E-state index < -0.39 is 17.8 Å². The third kappa shape index (κ3) is 4.68. The summed E-state index contributed by atoms with van der Waals surface area (Å²) < 4.78 is 15.9. The third-order valence-electron chi connectivity index (χ3n) is 5.42. The van der Waals surface area contributed by atoms with E-state index in [0.717, 1.165) is 6.42 Å². The first-order valence-electron chi connectivity index (χ1n) is 10.6. The quantitative estimate of drug-likeness (QED) is 0.336. The molecule has 1 aliphatic carbocycles. The molecule has 4 rings (SSSR count). The van der Waals surface area contributed by atoms with Gasteiger partial charge in [0.15, 0.2) is 0 Å². The van der Waals surface area contributed by atoms with Crippen LogP contribution in [0.15, 0.2) is 58.0 Å². The van der Waals surface area contributed by atoms with Gasteiger partial charge in [0.1, 0.15) is 17.3 Å². The van der Waals surface area contributed by atoms with Crippen molar-refractivity contribution in [2.24, 2.45) is 5.10 Å². The van der Waals surface area contributed by atoms with E-state index in [1.807, 2.05) is 0 Å². The van der Waals surface area contributed by atoms with Gasteiger partial charge >= 0.3 is 11.9 Å². The summed E-state index contributed by atoms with van der Waals surface area (Å²) in [6.07, 6.45) is 1.98. The summed E-state index contributed by atoms with van der Waals surface area (Å²) in [5, 5.41) is 13.6. The number of esters is 2. The Balaban J connectivity index is 1.52. The van der Waals surface area contributed by atoms with Crippen LogP contribution < -0.4 is 10.2 Å². The first-order chi connectivity index (χ1) is 16.4. The minimum Gasteiger partial charge on any atom is -0.508 e. The lowest BCUT2D eigenvalue weighted by atomic mass is 9.93. The number of fused-ring (bicyclic) bond motifs is 1. The number of phenols is 1. The van der Waals surface area contributed by atoms with Gasteiger partial charge in [-0.15, -0.1) is 0 Å². The molecule has 9 heteroatoms. The van der Waals surface area contributed by atoms with E-state index in [1.165, 1.54) is 55.6 Å². The van der Waals surface area contributed by atoms with E-state index in [4.69, 9.17) is 9.15 Å². The summed E-state index contributed by atoms with van der Waals surface area (Å²) >= 11 is 0. The molecule has 174 valence electrons. The van der Waals surface area contributed by atoms with Crippen LogP contribution in [0.4, 0.5) is 0 Å². The van der Waals surface area contributed by atoms with Crippen molar-refractivity contribution >= 4 is 23.6 Å². The number of benzene rings is 2. The zero-order chi connectivity index (χ0) is 24.2. The van der Waals surface area contributed by atoms with Gasteiger partial charge in [-0.1, -0.05) is 0 Å². The molecule has 0 bridgehead atoms. The smallest absolute Gasteiger partial charge is 0.379 e. The second kappa shape index (κ2) is 9.62. The maximum Gasteiger partial charge on any atom is 0.379 e. The zero-order valence-corrected chi connectivity index (χ0v) is 18.6. The number of hydrazone groups is 1. The largest absolute Gasteiger partial charge is 0.508 e. The predicted molar refractivity (Wildman–Crippen MR) is 121 cm³/mol. The fraction of sp³-hybridized carbons (Fsp3) is 0.200. The Bertz CT molecular complexity index is 1270. The molecule has 0 radical (unpaired) electrons. The van der Waals surface area contributed by atoms with Crippen molar-refractivity contribution < 1.29 is 33.4 Å². The van der Waals surface area contributed by atoms with Crippen molar-refractivity contribution in [1.29, 1.82) is 0 Å². The number of aromatic hydroxyl groups is 1. The molecule has 34 heavy (non-hydrogen) atoms. The summed E-state index contributed by atoms with van der Waals surface area (Å²) in [7, 11) is 1.29. The van der Waals surface area contributed by atoms with Gasteiger partial charge < -0.3 is 19.0 Å². The molecule has 0 spiro atoms. The van der Waals surface area contributed by atoms with Crippen molar-refractivity contribution in [1.82, 2.24) is 5.43 Å². The lowest BCUT2D eigenvalue weighted by molar-refractivity contribution is 0.0600. The highest BCUT2D eigenvalue weighted by molar-refractivity contribution is 6.06. The van der Waals surface area contributed by atoms with Crippen LogP contribution in [0.1, 0.15) is 61.0 Å². The molecular weight excluding hydrogens is 440 g/mol. The summed E-state index contributed by atoms with van der Waals surface area (Å²) in [5.41, 5.74) is 5.08.